The van der Waals surface area contributed by atoms with Gasteiger partial charge in [-0.3, -0.25) is 4.79 Å². The molecule has 1 aromatic carbocycles. The number of hydrogen-bond donors (Lipinski definition) is 1. The Morgan fingerprint density at radius 2 is 2.09 bits per heavy atom. The lowest BCUT2D eigenvalue weighted by Gasteiger charge is -2.18. The highest BCUT2D eigenvalue weighted by Gasteiger charge is 2.18. The second-order valence-corrected chi connectivity index (χ2v) is 6.89. The number of carbonyl (C=O) groups excluding carboxylic acids is 1. The monoisotopic (exact) mass is 312 g/mol. The molecule has 1 unspecified atom stereocenters. The van der Waals surface area contributed by atoms with Crippen LogP contribution in [0.5, 0.6) is 0 Å². The van der Waals surface area contributed by atoms with Crippen molar-refractivity contribution < 1.29 is 9.53 Å². The Morgan fingerprint density at radius 1 is 1.39 bits per heavy atom. The minimum atomic E-state index is -0.345. The van der Waals surface area contributed by atoms with E-state index in [1.165, 1.54) is 5.56 Å². The lowest BCUT2D eigenvalue weighted by atomic mass is 9.86. The number of nitrogens with zero attached hydrogens (tertiary/aromatic N) is 1. The predicted octanol–water partition coefficient (Wildman–Crippen LogP) is 3.19. The van der Waals surface area contributed by atoms with Crippen LogP contribution in [0.4, 0.5) is 0 Å². The summed E-state index contributed by atoms with van der Waals surface area (Å²) >= 11 is 0. The van der Waals surface area contributed by atoms with Crippen LogP contribution in [0.2, 0.25) is 0 Å². The van der Waals surface area contributed by atoms with Gasteiger partial charge in [-0.05, 0) is 35.5 Å². The average Bonchev–Trinajstić information content (AvgIpc) is 3.03. The normalized spacial score (nSPS) is 18.5. The van der Waals surface area contributed by atoms with E-state index in [1.807, 2.05) is 30.3 Å². The van der Waals surface area contributed by atoms with Crippen molar-refractivity contribution in [2.45, 2.75) is 45.1 Å². The van der Waals surface area contributed by atoms with Gasteiger partial charge < -0.3 is 10.1 Å². The van der Waals surface area contributed by atoms with Crippen molar-refractivity contribution in [3.63, 3.8) is 0 Å². The van der Waals surface area contributed by atoms with Gasteiger partial charge in [0, 0.05) is 13.2 Å². The van der Waals surface area contributed by atoms with Gasteiger partial charge in [0.2, 0.25) is 0 Å². The standard InChI is InChI=1S/C19H24N2O2/c1-19(2,3)16-8-6-14(7-9-16)11-15(12-20)18(22)21-13-17-5-4-10-23-17/h6-9,11,17H,4-5,10,13H2,1-3H3,(H,21,22)/b15-11-. The molecule has 1 aromatic rings. The Labute approximate surface area is 138 Å². The molecule has 0 saturated carbocycles. The smallest absolute Gasteiger partial charge is 0.262 e. The number of rotatable bonds is 4. The minimum absolute atomic E-state index is 0.0740. The maximum Gasteiger partial charge on any atom is 0.262 e. The zero-order valence-electron chi connectivity index (χ0n) is 14.1. The van der Waals surface area contributed by atoms with Crippen molar-refractivity contribution in [3.8, 4) is 6.07 Å². The Kier molecular flexibility index (Phi) is 5.57. The third-order valence-electron chi connectivity index (χ3n) is 3.97. The van der Waals surface area contributed by atoms with Crippen molar-refractivity contribution in [1.29, 1.82) is 5.26 Å². The van der Waals surface area contributed by atoms with Gasteiger partial charge in [0.05, 0.1) is 6.10 Å². The fraction of sp³-hybridized carbons (Fsp3) is 0.474. The molecule has 1 amide bonds. The number of hydrogen-bond acceptors (Lipinski definition) is 3. The zero-order chi connectivity index (χ0) is 16.9. The van der Waals surface area contributed by atoms with Crippen LogP contribution in [0.25, 0.3) is 6.08 Å². The summed E-state index contributed by atoms with van der Waals surface area (Å²) < 4.78 is 5.46. The quantitative estimate of drug-likeness (QED) is 0.686. The highest BCUT2D eigenvalue weighted by Crippen LogP contribution is 2.22. The molecule has 0 radical (unpaired) electrons. The topological polar surface area (TPSA) is 62.1 Å². The van der Waals surface area contributed by atoms with Gasteiger partial charge in [-0.25, -0.2) is 0 Å². The Bertz CT molecular complexity index is 612. The summed E-state index contributed by atoms with van der Waals surface area (Å²) in [5.74, 6) is -0.345. The van der Waals surface area contributed by atoms with Crippen molar-refractivity contribution in [2.24, 2.45) is 0 Å². The second kappa shape index (κ2) is 7.43. The number of amides is 1. The van der Waals surface area contributed by atoms with E-state index in [-0.39, 0.29) is 23.0 Å². The fourth-order valence-electron chi connectivity index (χ4n) is 2.50. The predicted molar refractivity (Wildman–Crippen MR) is 90.7 cm³/mol. The Hall–Kier alpha value is -2.12. The first-order chi connectivity index (χ1) is 10.9. The third-order valence-corrected chi connectivity index (χ3v) is 3.97. The molecule has 1 atom stereocenters. The largest absolute Gasteiger partial charge is 0.376 e. The molecule has 4 heteroatoms. The molecule has 122 valence electrons. The van der Waals surface area contributed by atoms with Gasteiger partial charge in [0.25, 0.3) is 5.91 Å². The molecule has 1 saturated heterocycles. The molecule has 23 heavy (non-hydrogen) atoms. The maximum atomic E-state index is 12.1. The summed E-state index contributed by atoms with van der Waals surface area (Å²) in [6.45, 7) is 7.66. The summed E-state index contributed by atoms with van der Waals surface area (Å²) in [5.41, 5.74) is 2.27. The van der Waals surface area contributed by atoms with Gasteiger partial charge in [-0.1, -0.05) is 45.0 Å². The summed E-state index contributed by atoms with van der Waals surface area (Å²) in [4.78, 5) is 12.1. The maximum absolute atomic E-state index is 12.1. The molecule has 4 nitrogen and oxygen atoms in total. The molecule has 1 fully saturated rings. The number of benzene rings is 1. The van der Waals surface area contributed by atoms with Crippen LogP contribution >= 0.6 is 0 Å². The second-order valence-electron chi connectivity index (χ2n) is 6.89. The van der Waals surface area contributed by atoms with E-state index in [9.17, 15) is 10.1 Å². The first-order valence-electron chi connectivity index (χ1n) is 8.02. The lowest BCUT2D eigenvalue weighted by molar-refractivity contribution is -0.117. The van der Waals surface area contributed by atoms with E-state index in [0.717, 1.165) is 25.0 Å². The molecule has 0 bridgehead atoms. The third kappa shape index (κ3) is 4.94. The number of ether oxygens (including phenoxy) is 1. The fourth-order valence-corrected chi connectivity index (χ4v) is 2.50. The molecule has 0 aliphatic carbocycles. The Morgan fingerprint density at radius 3 is 2.61 bits per heavy atom. The highest BCUT2D eigenvalue weighted by molar-refractivity contribution is 6.01. The molecule has 1 aliphatic heterocycles. The average molecular weight is 312 g/mol. The van der Waals surface area contributed by atoms with E-state index in [4.69, 9.17) is 4.74 Å². The van der Waals surface area contributed by atoms with Gasteiger partial charge >= 0.3 is 0 Å². The summed E-state index contributed by atoms with van der Waals surface area (Å²) in [5, 5.41) is 12.0. The molecular weight excluding hydrogens is 288 g/mol. The number of nitriles is 1. The SMILES string of the molecule is CC(C)(C)c1ccc(/C=C(/C#N)C(=O)NCC2CCCO2)cc1. The zero-order valence-corrected chi connectivity index (χ0v) is 14.1. The molecular formula is C19H24N2O2. The van der Waals surface area contributed by atoms with Crippen molar-refractivity contribution in [2.75, 3.05) is 13.2 Å². The number of carbonyl (C=O) groups is 1. The van der Waals surface area contributed by atoms with Gasteiger partial charge in [0.1, 0.15) is 11.6 Å². The summed E-state index contributed by atoms with van der Waals surface area (Å²) in [6, 6.07) is 9.92. The van der Waals surface area contributed by atoms with E-state index in [1.54, 1.807) is 6.08 Å². The van der Waals surface area contributed by atoms with Crippen LogP contribution in [0.3, 0.4) is 0 Å². The minimum Gasteiger partial charge on any atom is -0.376 e. The van der Waals surface area contributed by atoms with Crippen LogP contribution in [-0.2, 0) is 14.9 Å². The molecule has 0 aromatic heterocycles. The van der Waals surface area contributed by atoms with Crippen LogP contribution in [-0.4, -0.2) is 25.2 Å². The molecule has 1 N–H and O–H groups in total. The lowest BCUT2D eigenvalue weighted by Crippen LogP contribution is -2.32. The Balaban J connectivity index is 2.02. The van der Waals surface area contributed by atoms with Gasteiger partial charge in [-0.15, -0.1) is 0 Å². The van der Waals surface area contributed by atoms with Crippen molar-refractivity contribution >= 4 is 12.0 Å². The van der Waals surface area contributed by atoms with Crippen LogP contribution in [0, 0.1) is 11.3 Å². The molecule has 0 spiro atoms. The molecule has 1 heterocycles. The van der Waals surface area contributed by atoms with Gasteiger partial charge in [0.15, 0.2) is 0 Å². The molecule has 2 rings (SSSR count). The van der Waals surface area contributed by atoms with E-state index in [2.05, 4.69) is 26.1 Å². The van der Waals surface area contributed by atoms with Crippen molar-refractivity contribution in [3.05, 3.63) is 41.0 Å². The summed E-state index contributed by atoms with van der Waals surface area (Å²) in [7, 11) is 0. The van der Waals surface area contributed by atoms with Crippen LogP contribution in [0.1, 0.15) is 44.7 Å². The van der Waals surface area contributed by atoms with Crippen LogP contribution in [0.15, 0.2) is 29.8 Å². The van der Waals surface area contributed by atoms with E-state index < -0.39 is 0 Å². The van der Waals surface area contributed by atoms with Crippen LogP contribution < -0.4 is 5.32 Å². The number of nitrogens with one attached hydrogen (secondary N) is 1. The first-order valence-corrected chi connectivity index (χ1v) is 8.02. The van der Waals surface area contributed by atoms with Crippen molar-refractivity contribution in [1.82, 2.24) is 5.32 Å². The first kappa shape index (κ1) is 17.2. The molecule has 1 aliphatic rings. The summed E-state index contributed by atoms with van der Waals surface area (Å²) in [6.07, 6.45) is 3.68. The van der Waals surface area contributed by atoms with Gasteiger partial charge in [-0.2, -0.15) is 5.26 Å². The van der Waals surface area contributed by atoms with E-state index in [0.29, 0.717) is 6.54 Å². The highest BCUT2D eigenvalue weighted by atomic mass is 16.5. The van der Waals surface area contributed by atoms with E-state index >= 15 is 0 Å².